The minimum Gasteiger partial charge on any atom is -0.507 e. The molecule has 0 fully saturated rings. The van der Waals surface area contributed by atoms with Crippen LogP contribution in [-0.4, -0.2) is 29.0 Å². The molecule has 1 aromatic carbocycles. The predicted octanol–water partition coefficient (Wildman–Crippen LogP) is 4.20. The Morgan fingerprint density at radius 1 is 1.21 bits per heavy atom. The standard InChI is InChI=1S/C15H22BrNO2/c1-3-5-9-17(10-6-4-2)15(19)13-11-12(16)7-8-14(13)18/h7-8,11,18H,3-6,9-10H2,1-2H3. The van der Waals surface area contributed by atoms with E-state index in [4.69, 9.17) is 0 Å². The molecule has 0 spiro atoms. The number of aromatic hydroxyl groups is 1. The lowest BCUT2D eigenvalue weighted by Gasteiger charge is -2.23. The zero-order valence-corrected chi connectivity index (χ0v) is 13.2. The lowest BCUT2D eigenvalue weighted by molar-refractivity contribution is 0.0748. The van der Waals surface area contributed by atoms with Crippen LogP contribution in [0, 0.1) is 0 Å². The second-order valence-corrected chi connectivity index (χ2v) is 5.58. The summed E-state index contributed by atoms with van der Waals surface area (Å²) in [4.78, 5) is 14.3. The summed E-state index contributed by atoms with van der Waals surface area (Å²) in [6, 6.07) is 4.96. The van der Waals surface area contributed by atoms with Crippen molar-refractivity contribution in [1.82, 2.24) is 4.90 Å². The highest BCUT2D eigenvalue weighted by Crippen LogP contribution is 2.23. The highest BCUT2D eigenvalue weighted by Gasteiger charge is 2.18. The van der Waals surface area contributed by atoms with E-state index in [1.54, 1.807) is 18.2 Å². The van der Waals surface area contributed by atoms with E-state index in [2.05, 4.69) is 29.8 Å². The van der Waals surface area contributed by atoms with Gasteiger partial charge < -0.3 is 10.0 Å². The maximum Gasteiger partial charge on any atom is 0.257 e. The van der Waals surface area contributed by atoms with Crippen LogP contribution in [0.4, 0.5) is 0 Å². The number of phenols is 1. The minimum atomic E-state index is -0.0827. The van der Waals surface area contributed by atoms with Crippen molar-refractivity contribution in [3.05, 3.63) is 28.2 Å². The summed E-state index contributed by atoms with van der Waals surface area (Å²) in [5.41, 5.74) is 0.376. The van der Waals surface area contributed by atoms with E-state index in [0.717, 1.165) is 43.2 Å². The molecule has 0 aliphatic carbocycles. The first-order valence-corrected chi connectivity index (χ1v) is 7.67. The van der Waals surface area contributed by atoms with Crippen molar-refractivity contribution in [1.29, 1.82) is 0 Å². The number of hydrogen-bond donors (Lipinski definition) is 1. The first kappa shape index (κ1) is 16.0. The third-order valence-electron chi connectivity index (χ3n) is 3.04. The Bertz CT molecular complexity index is 413. The fourth-order valence-corrected chi connectivity index (χ4v) is 2.22. The molecule has 0 aliphatic rings. The zero-order valence-electron chi connectivity index (χ0n) is 11.7. The number of hydrogen-bond acceptors (Lipinski definition) is 2. The van der Waals surface area contributed by atoms with Crippen molar-refractivity contribution >= 4 is 21.8 Å². The maximum absolute atomic E-state index is 12.5. The predicted molar refractivity (Wildman–Crippen MR) is 81.5 cm³/mol. The first-order chi connectivity index (χ1) is 9.10. The van der Waals surface area contributed by atoms with Crippen LogP contribution in [0.15, 0.2) is 22.7 Å². The molecule has 0 saturated carbocycles. The fraction of sp³-hybridized carbons (Fsp3) is 0.533. The van der Waals surface area contributed by atoms with E-state index in [1.807, 2.05) is 4.90 Å². The van der Waals surface area contributed by atoms with Crippen LogP contribution in [-0.2, 0) is 0 Å². The Balaban J connectivity index is 2.87. The molecule has 19 heavy (non-hydrogen) atoms. The second-order valence-electron chi connectivity index (χ2n) is 4.66. The summed E-state index contributed by atoms with van der Waals surface area (Å²) in [6.45, 7) is 5.72. The van der Waals surface area contributed by atoms with Gasteiger partial charge in [0.15, 0.2) is 0 Å². The highest BCUT2D eigenvalue weighted by molar-refractivity contribution is 9.10. The van der Waals surface area contributed by atoms with Crippen LogP contribution in [0.25, 0.3) is 0 Å². The second kappa shape index (κ2) is 8.20. The number of halogens is 1. The van der Waals surface area contributed by atoms with Crippen LogP contribution < -0.4 is 0 Å². The lowest BCUT2D eigenvalue weighted by atomic mass is 10.1. The molecular weight excluding hydrogens is 306 g/mol. The van der Waals surface area contributed by atoms with Crippen molar-refractivity contribution in [3.63, 3.8) is 0 Å². The molecule has 0 atom stereocenters. The summed E-state index contributed by atoms with van der Waals surface area (Å²) < 4.78 is 0.805. The van der Waals surface area contributed by atoms with Gasteiger partial charge in [0.1, 0.15) is 5.75 Å². The van der Waals surface area contributed by atoms with Crippen molar-refractivity contribution in [2.45, 2.75) is 39.5 Å². The molecule has 4 heteroatoms. The van der Waals surface area contributed by atoms with Crippen LogP contribution in [0.5, 0.6) is 5.75 Å². The zero-order chi connectivity index (χ0) is 14.3. The molecule has 1 rings (SSSR count). The molecule has 0 saturated heterocycles. The normalized spacial score (nSPS) is 10.5. The van der Waals surface area contributed by atoms with Gasteiger partial charge in [0.2, 0.25) is 0 Å². The van der Waals surface area contributed by atoms with Crippen molar-refractivity contribution in [2.75, 3.05) is 13.1 Å². The van der Waals surface area contributed by atoms with Gasteiger partial charge in [0.25, 0.3) is 5.91 Å². The van der Waals surface area contributed by atoms with Gasteiger partial charge in [0, 0.05) is 17.6 Å². The number of carbonyl (C=O) groups excluding carboxylic acids is 1. The summed E-state index contributed by atoms with van der Waals surface area (Å²) in [5, 5.41) is 9.84. The molecule has 106 valence electrons. The molecule has 1 N–H and O–H groups in total. The molecule has 0 bridgehead atoms. The van der Waals surface area contributed by atoms with Gasteiger partial charge in [0.05, 0.1) is 5.56 Å². The SMILES string of the molecule is CCCCN(CCCC)C(=O)c1cc(Br)ccc1O. The molecule has 1 aromatic rings. The van der Waals surface area contributed by atoms with Gasteiger partial charge in [-0.3, -0.25) is 4.79 Å². The van der Waals surface area contributed by atoms with Gasteiger partial charge in [-0.25, -0.2) is 0 Å². The minimum absolute atomic E-state index is 0.0474. The Labute approximate surface area is 123 Å². The molecule has 0 heterocycles. The van der Waals surface area contributed by atoms with E-state index >= 15 is 0 Å². The average molecular weight is 328 g/mol. The molecule has 0 aromatic heterocycles. The van der Waals surface area contributed by atoms with Crippen LogP contribution in [0.2, 0.25) is 0 Å². The number of rotatable bonds is 7. The van der Waals surface area contributed by atoms with E-state index in [0.29, 0.717) is 5.56 Å². The van der Waals surface area contributed by atoms with E-state index < -0.39 is 0 Å². The average Bonchev–Trinajstić information content (AvgIpc) is 2.41. The molecule has 1 amide bonds. The van der Waals surface area contributed by atoms with Gasteiger partial charge in [-0.05, 0) is 31.0 Å². The number of phenolic OH excluding ortho intramolecular Hbond substituents is 1. The smallest absolute Gasteiger partial charge is 0.257 e. The van der Waals surface area contributed by atoms with Crippen LogP contribution >= 0.6 is 15.9 Å². The third kappa shape index (κ3) is 4.86. The Morgan fingerprint density at radius 2 is 1.79 bits per heavy atom. The van der Waals surface area contributed by atoms with Crippen LogP contribution in [0.3, 0.4) is 0 Å². The largest absolute Gasteiger partial charge is 0.507 e. The highest BCUT2D eigenvalue weighted by atomic mass is 79.9. The van der Waals surface area contributed by atoms with Crippen molar-refractivity contribution in [2.24, 2.45) is 0 Å². The molecule has 0 aliphatic heterocycles. The number of carbonyl (C=O) groups is 1. The van der Waals surface area contributed by atoms with Crippen molar-refractivity contribution in [3.8, 4) is 5.75 Å². The summed E-state index contributed by atoms with van der Waals surface area (Å²) >= 11 is 3.34. The fourth-order valence-electron chi connectivity index (χ4n) is 1.86. The Kier molecular flexibility index (Phi) is 6.92. The van der Waals surface area contributed by atoms with E-state index in [-0.39, 0.29) is 11.7 Å². The van der Waals surface area contributed by atoms with Crippen molar-refractivity contribution < 1.29 is 9.90 Å². The van der Waals surface area contributed by atoms with Crippen LogP contribution in [0.1, 0.15) is 49.9 Å². The monoisotopic (exact) mass is 327 g/mol. The van der Waals surface area contributed by atoms with E-state index in [1.165, 1.54) is 0 Å². The Morgan fingerprint density at radius 3 is 2.32 bits per heavy atom. The molecule has 0 radical (unpaired) electrons. The maximum atomic E-state index is 12.5. The lowest BCUT2D eigenvalue weighted by Crippen LogP contribution is -2.33. The van der Waals surface area contributed by atoms with Gasteiger partial charge >= 0.3 is 0 Å². The Hall–Kier alpha value is -1.03. The number of benzene rings is 1. The molecular formula is C15H22BrNO2. The number of unbranched alkanes of at least 4 members (excludes halogenated alkanes) is 2. The number of nitrogens with zero attached hydrogens (tertiary/aromatic N) is 1. The van der Waals surface area contributed by atoms with Gasteiger partial charge in [-0.1, -0.05) is 42.6 Å². The summed E-state index contributed by atoms with van der Waals surface area (Å²) in [7, 11) is 0. The molecule has 0 unspecified atom stereocenters. The van der Waals surface area contributed by atoms with E-state index in [9.17, 15) is 9.90 Å². The summed E-state index contributed by atoms with van der Waals surface area (Å²) in [6.07, 6.45) is 4.09. The number of amides is 1. The molecule has 3 nitrogen and oxygen atoms in total. The quantitative estimate of drug-likeness (QED) is 0.815. The first-order valence-electron chi connectivity index (χ1n) is 6.88. The van der Waals surface area contributed by atoms with Gasteiger partial charge in [-0.2, -0.15) is 0 Å². The van der Waals surface area contributed by atoms with Gasteiger partial charge in [-0.15, -0.1) is 0 Å². The topological polar surface area (TPSA) is 40.5 Å². The summed E-state index contributed by atoms with van der Waals surface area (Å²) in [5.74, 6) is -0.0353. The third-order valence-corrected chi connectivity index (χ3v) is 3.53.